The molecule has 3 aromatic rings. The van der Waals surface area contributed by atoms with E-state index in [0.29, 0.717) is 30.2 Å². The van der Waals surface area contributed by atoms with Gasteiger partial charge in [-0.2, -0.15) is 0 Å². The van der Waals surface area contributed by atoms with Crippen LogP contribution in [0.2, 0.25) is 0 Å². The van der Waals surface area contributed by atoms with E-state index in [4.69, 9.17) is 9.47 Å². The first-order chi connectivity index (χ1) is 13.7. The molecule has 140 valence electrons. The van der Waals surface area contributed by atoms with Crippen LogP contribution in [0.15, 0.2) is 77.8 Å². The third-order valence-corrected chi connectivity index (χ3v) is 4.78. The summed E-state index contributed by atoms with van der Waals surface area (Å²) in [4.78, 5) is 17.5. The van der Waals surface area contributed by atoms with Crippen LogP contribution < -0.4 is 9.47 Å². The van der Waals surface area contributed by atoms with Gasteiger partial charge in [0.1, 0.15) is 23.8 Å². The highest BCUT2D eigenvalue weighted by Crippen LogP contribution is 2.25. The Bertz CT molecular complexity index is 1030. The second-order valence-corrected chi connectivity index (χ2v) is 6.63. The van der Waals surface area contributed by atoms with Crippen LogP contribution in [0.1, 0.15) is 27.0 Å². The fourth-order valence-electron chi connectivity index (χ4n) is 3.31. The number of hydrogen-bond donors (Lipinski definition) is 0. The van der Waals surface area contributed by atoms with Crippen LogP contribution in [0.3, 0.4) is 0 Å². The number of ether oxygens (including phenoxy) is 2. The van der Waals surface area contributed by atoms with Gasteiger partial charge in [0.2, 0.25) is 5.78 Å². The Morgan fingerprint density at radius 3 is 2.64 bits per heavy atom. The molecule has 1 aliphatic rings. The van der Waals surface area contributed by atoms with E-state index in [1.54, 1.807) is 19.2 Å². The zero-order chi connectivity index (χ0) is 19.3. The molecule has 1 aliphatic heterocycles. The number of benzene rings is 3. The van der Waals surface area contributed by atoms with Crippen molar-refractivity contribution >= 4 is 11.5 Å². The molecule has 0 bridgehead atoms. The molecule has 4 nitrogen and oxygen atoms in total. The van der Waals surface area contributed by atoms with Gasteiger partial charge in [-0.25, -0.2) is 0 Å². The number of Topliss-reactive ketones (excluding diaryl/α,β-unsaturated/α-hetero) is 1. The molecule has 28 heavy (non-hydrogen) atoms. The average Bonchev–Trinajstić information content (AvgIpc) is 2.77. The SMILES string of the molecule is COc1cccc(C(=O)C2=NCCc3cc(OCc4ccccc4)ccc32)c1. The van der Waals surface area contributed by atoms with E-state index in [9.17, 15) is 4.79 Å². The molecule has 0 amide bonds. The zero-order valence-corrected chi connectivity index (χ0v) is 15.7. The molecule has 0 N–H and O–H groups in total. The predicted octanol–water partition coefficient (Wildman–Crippen LogP) is 4.50. The van der Waals surface area contributed by atoms with Gasteiger partial charge in [0.05, 0.1) is 7.11 Å². The highest BCUT2D eigenvalue weighted by atomic mass is 16.5. The summed E-state index contributed by atoms with van der Waals surface area (Å²) < 4.78 is 11.2. The maximum Gasteiger partial charge on any atom is 0.211 e. The van der Waals surface area contributed by atoms with Crippen LogP contribution in [0.5, 0.6) is 11.5 Å². The van der Waals surface area contributed by atoms with Crippen molar-refractivity contribution in [2.45, 2.75) is 13.0 Å². The Balaban J connectivity index is 1.55. The van der Waals surface area contributed by atoms with Crippen molar-refractivity contribution < 1.29 is 14.3 Å². The molecule has 0 spiro atoms. The highest BCUT2D eigenvalue weighted by Gasteiger charge is 2.22. The third kappa shape index (κ3) is 3.81. The highest BCUT2D eigenvalue weighted by molar-refractivity contribution is 6.51. The van der Waals surface area contributed by atoms with Gasteiger partial charge in [0.25, 0.3) is 0 Å². The molecule has 0 unspecified atom stereocenters. The minimum atomic E-state index is -0.0854. The molecular formula is C24H21NO3. The first-order valence-electron chi connectivity index (χ1n) is 9.28. The number of methoxy groups -OCH3 is 1. The summed E-state index contributed by atoms with van der Waals surface area (Å²) in [5.74, 6) is 1.38. The Morgan fingerprint density at radius 2 is 1.82 bits per heavy atom. The Hall–Kier alpha value is -3.40. The quantitative estimate of drug-likeness (QED) is 0.599. The smallest absolute Gasteiger partial charge is 0.211 e. The molecule has 0 atom stereocenters. The number of carbonyl (C=O) groups is 1. The van der Waals surface area contributed by atoms with Crippen LogP contribution in [-0.2, 0) is 13.0 Å². The van der Waals surface area contributed by atoms with Crippen molar-refractivity contribution in [3.8, 4) is 11.5 Å². The van der Waals surface area contributed by atoms with Gasteiger partial charge in [-0.1, -0.05) is 42.5 Å². The molecule has 0 saturated carbocycles. The number of hydrogen-bond acceptors (Lipinski definition) is 4. The minimum Gasteiger partial charge on any atom is -0.497 e. The van der Waals surface area contributed by atoms with Crippen molar-refractivity contribution in [1.82, 2.24) is 0 Å². The normalized spacial score (nSPS) is 12.7. The topological polar surface area (TPSA) is 47.9 Å². The van der Waals surface area contributed by atoms with Crippen LogP contribution in [-0.4, -0.2) is 25.1 Å². The van der Waals surface area contributed by atoms with Crippen LogP contribution in [0.25, 0.3) is 0 Å². The second-order valence-electron chi connectivity index (χ2n) is 6.63. The van der Waals surface area contributed by atoms with Crippen molar-refractivity contribution in [2.24, 2.45) is 4.99 Å². The maximum atomic E-state index is 13.0. The average molecular weight is 371 g/mol. The zero-order valence-electron chi connectivity index (χ0n) is 15.7. The van der Waals surface area contributed by atoms with E-state index in [-0.39, 0.29) is 5.78 Å². The van der Waals surface area contributed by atoms with E-state index in [1.165, 1.54) is 0 Å². The molecule has 4 heteroatoms. The Kier molecular flexibility index (Phi) is 5.20. The minimum absolute atomic E-state index is 0.0854. The van der Waals surface area contributed by atoms with Crippen molar-refractivity contribution in [3.05, 3.63) is 95.1 Å². The summed E-state index contributed by atoms with van der Waals surface area (Å²) in [6, 6.07) is 23.1. The molecule has 4 rings (SSSR count). The summed E-state index contributed by atoms with van der Waals surface area (Å²) in [6.07, 6.45) is 0.798. The van der Waals surface area contributed by atoms with E-state index in [1.807, 2.05) is 60.7 Å². The number of rotatable bonds is 6. The lowest BCUT2D eigenvalue weighted by molar-refractivity contribution is 0.106. The number of carbonyl (C=O) groups excluding carboxylic acids is 1. The lowest BCUT2D eigenvalue weighted by Crippen LogP contribution is -2.22. The maximum absolute atomic E-state index is 13.0. The van der Waals surface area contributed by atoms with Crippen LogP contribution in [0, 0.1) is 0 Å². The van der Waals surface area contributed by atoms with Crippen LogP contribution in [0.4, 0.5) is 0 Å². The monoisotopic (exact) mass is 371 g/mol. The standard InChI is InChI=1S/C24H21NO3/c1-27-20-9-5-8-19(15-20)24(26)23-22-11-10-21(14-18(22)12-13-25-23)28-16-17-6-3-2-4-7-17/h2-11,14-15H,12-13,16H2,1H3. The van der Waals surface area contributed by atoms with E-state index < -0.39 is 0 Å². The fourth-order valence-corrected chi connectivity index (χ4v) is 3.31. The van der Waals surface area contributed by atoms with Crippen molar-refractivity contribution in [3.63, 3.8) is 0 Å². The first-order valence-corrected chi connectivity index (χ1v) is 9.28. The van der Waals surface area contributed by atoms with Gasteiger partial charge in [-0.15, -0.1) is 0 Å². The Morgan fingerprint density at radius 1 is 0.964 bits per heavy atom. The molecular weight excluding hydrogens is 350 g/mol. The van der Waals surface area contributed by atoms with E-state index >= 15 is 0 Å². The molecule has 3 aromatic carbocycles. The Labute approximate surface area is 164 Å². The second kappa shape index (κ2) is 8.09. The molecule has 0 aromatic heterocycles. The van der Waals surface area contributed by atoms with Crippen molar-refractivity contribution in [1.29, 1.82) is 0 Å². The molecule has 1 heterocycles. The molecule has 0 saturated heterocycles. The largest absolute Gasteiger partial charge is 0.497 e. The fraction of sp³-hybridized carbons (Fsp3) is 0.167. The van der Waals surface area contributed by atoms with Gasteiger partial charge in [0.15, 0.2) is 0 Å². The summed E-state index contributed by atoms with van der Waals surface area (Å²) in [6.45, 7) is 1.11. The molecule has 0 aliphatic carbocycles. The number of fused-ring (bicyclic) bond motifs is 1. The predicted molar refractivity (Wildman–Crippen MR) is 110 cm³/mol. The lowest BCUT2D eigenvalue weighted by atomic mass is 9.92. The summed E-state index contributed by atoms with van der Waals surface area (Å²) in [5, 5.41) is 0. The van der Waals surface area contributed by atoms with E-state index in [2.05, 4.69) is 4.99 Å². The summed E-state index contributed by atoms with van der Waals surface area (Å²) in [5.41, 5.74) is 4.17. The number of ketones is 1. The summed E-state index contributed by atoms with van der Waals surface area (Å²) >= 11 is 0. The van der Waals surface area contributed by atoms with E-state index in [0.717, 1.165) is 28.9 Å². The van der Waals surface area contributed by atoms with Gasteiger partial charge in [-0.05, 0) is 47.9 Å². The van der Waals surface area contributed by atoms with Crippen LogP contribution >= 0.6 is 0 Å². The first kappa shape index (κ1) is 18.0. The van der Waals surface area contributed by atoms with Gasteiger partial charge < -0.3 is 9.47 Å². The lowest BCUT2D eigenvalue weighted by Gasteiger charge is -2.18. The third-order valence-electron chi connectivity index (χ3n) is 4.78. The van der Waals surface area contributed by atoms with Gasteiger partial charge in [0, 0.05) is 17.7 Å². The van der Waals surface area contributed by atoms with Gasteiger partial charge in [-0.3, -0.25) is 9.79 Å². The number of aliphatic imine (C=N–C) groups is 1. The molecule has 0 radical (unpaired) electrons. The van der Waals surface area contributed by atoms with Crippen molar-refractivity contribution in [2.75, 3.05) is 13.7 Å². The van der Waals surface area contributed by atoms with Gasteiger partial charge >= 0.3 is 0 Å². The summed E-state index contributed by atoms with van der Waals surface area (Å²) in [7, 11) is 1.59. The molecule has 0 fully saturated rings. The number of nitrogens with zero attached hydrogens (tertiary/aromatic N) is 1.